The van der Waals surface area contributed by atoms with Gasteiger partial charge in [-0.1, -0.05) is 13.8 Å². The molecule has 0 heterocycles. The van der Waals surface area contributed by atoms with Gasteiger partial charge in [-0.15, -0.1) is 0 Å². The smallest absolute Gasteiger partial charge is 0.308 e. The van der Waals surface area contributed by atoms with Gasteiger partial charge in [-0.05, 0) is 6.42 Å². The highest BCUT2D eigenvalue weighted by Crippen LogP contribution is 2.03. The second-order valence-corrected chi connectivity index (χ2v) is 4.20. The van der Waals surface area contributed by atoms with Gasteiger partial charge in [0.15, 0.2) is 0 Å². The van der Waals surface area contributed by atoms with Crippen molar-refractivity contribution in [2.45, 2.75) is 32.8 Å². The SMILES string of the molecule is CCC(C)C(=O)OCC(O)COC(=O)CCS. The van der Waals surface area contributed by atoms with Crippen molar-refractivity contribution in [3.63, 3.8) is 0 Å². The van der Waals surface area contributed by atoms with Gasteiger partial charge in [0.1, 0.15) is 19.3 Å². The molecule has 1 N–H and O–H groups in total. The topological polar surface area (TPSA) is 72.8 Å². The van der Waals surface area contributed by atoms with Gasteiger partial charge < -0.3 is 14.6 Å². The molecule has 2 atom stereocenters. The average Bonchev–Trinajstić information content (AvgIpc) is 2.32. The van der Waals surface area contributed by atoms with Gasteiger partial charge in [0.25, 0.3) is 0 Å². The Bertz CT molecular complexity index is 244. The van der Waals surface area contributed by atoms with Crippen LogP contribution in [0.2, 0.25) is 0 Å². The number of hydrogen-bond donors (Lipinski definition) is 2. The summed E-state index contributed by atoms with van der Waals surface area (Å²) >= 11 is 3.87. The van der Waals surface area contributed by atoms with E-state index in [4.69, 9.17) is 9.47 Å². The second-order valence-electron chi connectivity index (χ2n) is 3.75. The van der Waals surface area contributed by atoms with E-state index in [1.165, 1.54) is 0 Å². The molecule has 0 fully saturated rings. The summed E-state index contributed by atoms with van der Waals surface area (Å²) in [6.45, 7) is 3.31. The van der Waals surface area contributed by atoms with E-state index < -0.39 is 12.1 Å². The van der Waals surface area contributed by atoms with E-state index in [2.05, 4.69) is 12.6 Å². The normalized spacial score (nSPS) is 13.9. The minimum absolute atomic E-state index is 0.155. The van der Waals surface area contributed by atoms with Gasteiger partial charge in [0, 0.05) is 5.75 Å². The van der Waals surface area contributed by atoms with Crippen molar-refractivity contribution < 1.29 is 24.2 Å². The van der Waals surface area contributed by atoms with Crippen LogP contribution >= 0.6 is 12.6 Å². The first-order chi connectivity index (χ1) is 8.01. The average molecular weight is 264 g/mol. The molecule has 0 amide bonds. The number of aliphatic hydroxyl groups excluding tert-OH is 1. The summed E-state index contributed by atoms with van der Waals surface area (Å²) in [5, 5.41) is 9.40. The molecule has 0 aromatic rings. The van der Waals surface area contributed by atoms with E-state index in [0.29, 0.717) is 12.2 Å². The summed E-state index contributed by atoms with van der Waals surface area (Å²) < 4.78 is 9.59. The molecule has 0 rings (SSSR count). The van der Waals surface area contributed by atoms with E-state index in [1.54, 1.807) is 6.92 Å². The van der Waals surface area contributed by atoms with Crippen LogP contribution in [0.25, 0.3) is 0 Å². The summed E-state index contributed by atoms with van der Waals surface area (Å²) in [6, 6.07) is 0. The predicted molar refractivity (Wildman–Crippen MR) is 65.8 cm³/mol. The molecule has 0 radical (unpaired) electrons. The minimum atomic E-state index is -0.980. The minimum Gasteiger partial charge on any atom is -0.463 e. The number of esters is 2. The van der Waals surface area contributed by atoms with Gasteiger partial charge >= 0.3 is 11.9 Å². The van der Waals surface area contributed by atoms with Crippen LogP contribution in [-0.2, 0) is 19.1 Å². The van der Waals surface area contributed by atoms with E-state index in [0.717, 1.165) is 0 Å². The summed E-state index contributed by atoms with van der Waals surface area (Å²) in [5.74, 6) is -0.563. The van der Waals surface area contributed by atoms with Crippen molar-refractivity contribution in [2.75, 3.05) is 19.0 Å². The number of hydrogen-bond acceptors (Lipinski definition) is 6. The van der Waals surface area contributed by atoms with Crippen molar-refractivity contribution in [1.29, 1.82) is 0 Å². The van der Waals surface area contributed by atoms with E-state index in [-0.39, 0.29) is 31.5 Å². The summed E-state index contributed by atoms with van der Waals surface area (Å²) in [7, 11) is 0. The lowest BCUT2D eigenvalue weighted by Crippen LogP contribution is -2.27. The maximum Gasteiger partial charge on any atom is 0.308 e. The molecule has 0 aliphatic rings. The largest absolute Gasteiger partial charge is 0.463 e. The molecule has 0 saturated heterocycles. The molecule has 2 unspecified atom stereocenters. The number of thiol groups is 1. The van der Waals surface area contributed by atoms with Gasteiger partial charge in [-0.25, -0.2) is 0 Å². The molecule has 0 bridgehead atoms. The molecule has 100 valence electrons. The van der Waals surface area contributed by atoms with Crippen molar-refractivity contribution in [3.8, 4) is 0 Å². The van der Waals surface area contributed by atoms with Gasteiger partial charge in [0.05, 0.1) is 12.3 Å². The van der Waals surface area contributed by atoms with E-state index in [9.17, 15) is 14.7 Å². The van der Waals surface area contributed by atoms with E-state index >= 15 is 0 Å². The highest BCUT2D eigenvalue weighted by Gasteiger charge is 2.15. The highest BCUT2D eigenvalue weighted by molar-refractivity contribution is 7.80. The molecule has 0 spiro atoms. The molecular weight excluding hydrogens is 244 g/mol. The number of rotatable bonds is 8. The standard InChI is InChI=1S/C11H20O5S/c1-3-8(2)11(14)16-7-9(12)6-15-10(13)4-5-17/h8-9,12,17H,3-7H2,1-2H3. The molecule has 0 saturated carbocycles. The molecule has 6 heteroatoms. The lowest BCUT2D eigenvalue weighted by atomic mass is 10.1. The van der Waals surface area contributed by atoms with Crippen LogP contribution in [0.15, 0.2) is 0 Å². The third-order valence-electron chi connectivity index (χ3n) is 2.19. The molecule has 5 nitrogen and oxygen atoms in total. The molecule has 17 heavy (non-hydrogen) atoms. The van der Waals surface area contributed by atoms with E-state index in [1.807, 2.05) is 6.92 Å². The zero-order valence-corrected chi connectivity index (χ0v) is 11.1. The Morgan fingerprint density at radius 1 is 1.29 bits per heavy atom. The number of carbonyl (C=O) groups is 2. The number of carbonyl (C=O) groups excluding carboxylic acids is 2. The fraction of sp³-hybridized carbons (Fsp3) is 0.818. The first kappa shape index (κ1) is 16.2. The van der Waals surface area contributed by atoms with Crippen LogP contribution in [0.4, 0.5) is 0 Å². The maximum atomic E-state index is 11.3. The molecule has 0 aromatic heterocycles. The first-order valence-corrected chi connectivity index (χ1v) is 6.25. The number of aliphatic hydroxyl groups is 1. The lowest BCUT2D eigenvalue weighted by Gasteiger charge is -2.13. The monoisotopic (exact) mass is 264 g/mol. The molecule has 0 aliphatic carbocycles. The zero-order valence-electron chi connectivity index (χ0n) is 10.2. The lowest BCUT2D eigenvalue weighted by molar-refractivity contribution is -0.154. The van der Waals surface area contributed by atoms with Crippen molar-refractivity contribution in [1.82, 2.24) is 0 Å². The van der Waals surface area contributed by atoms with Gasteiger partial charge in [-0.2, -0.15) is 12.6 Å². The van der Waals surface area contributed by atoms with Crippen LogP contribution in [0.5, 0.6) is 0 Å². The van der Waals surface area contributed by atoms with Gasteiger partial charge in [-0.3, -0.25) is 9.59 Å². The van der Waals surface area contributed by atoms with Gasteiger partial charge in [0.2, 0.25) is 0 Å². The Kier molecular flexibility index (Phi) is 8.89. The quantitative estimate of drug-likeness (QED) is 0.501. The molecule has 0 aliphatic heterocycles. The number of ether oxygens (including phenoxy) is 2. The van der Waals surface area contributed by atoms with Crippen LogP contribution in [-0.4, -0.2) is 42.1 Å². The Morgan fingerprint density at radius 3 is 2.41 bits per heavy atom. The van der Waals surface area contributed by atoms with Crippen LogP contribution < -0.4 is 0 Å². The summed E-state index contributed by atoms with van der Waals surface area (Å²) in [5.41, 5.74) is 0. The van der Waals surface area contributed by atoms with Crippen molar-refractivity contribution >= 4 is 24.6 Å². The van der Waals surface area contributed by atoms with Crippen molar-refractivity contribution in [2.24, 2.45) is 5.92 Å². The van der Waals surface area contributed by atoms with Crippen LogP contribution in [0.1, 0.15) is 26.7 Å². The Hall–Kier alpha value is -0.750. The Balaban J connectivity index is 3.69. The predicted octanol–water partition coefficient (Wildman–Crippen LogP) is 0.800. The fourth-order valence-corrected chi connectivity index (χ4v) is 1.07. The van der Waals surface area contributed by atoms with Crippen LogP contribution in [0, 0.1) is 5.92 Å². The van der Waals surface area contributed by atoms with Crippen LogP contribution in [0.3, 0.4) is 0 Å². The highest BCUT2D eigenvalue weighted by atomic mass is 32.1. The maximum absolute atomic E-state index is 11.3. The Labute approximate surface area is 107 Å². The zero-order chi connectivity index (χ0) is 13.3. The second kappa shape index (κ2) is 9.30. The third kappa shape index (κ3) is 8.04. The summed E-state index contributed by atoms with van der Waals surface area (Å²) in [6.07, 6.45) is -0.0965. The summed E-state index contributed by atoms with van der Waals surface area (Å²) in [4.78, 5) is 22.2. The molecular formula is C11H20O5S. The fourth-order valence-electron chi connectivity index (χ4n) is 0.888. The third-order valence-corrected chi connectivity index (χ3v) is 2.41. The molecule has 0 aromatic carbocycles. The first-order valence-electron chi connectivity index (χ1n) is 5.62. The van der Waals surface area contributed by atoms with Crippen molar-refractivity contribution in [3.05, 3.63) is 0 Å². The Morgan fingerprint density at radius 2 is 1.88 bits per heavy atom.